The molecule has 144 heavy (non-hydrogen) atoms. The molecule has 6 aliphatic heterocycles. The van der Waals surface area contributed by atoms with Crippen molar-refractivity contribution in [2.45, 2.75) is 235 Å². The van der Waals surface area contributed by atoms with Crippen LogP contribution in [0.3, 0.4) is 0 Å². The van der Waals surface area contributed by atoms with Gasteiger partial charge in [-0.2, -0.15) is 10.7 Å². The van der Waals surface area contributed by atoms with Crippen LogP contribution in [0.2, 0.25) is 0 Å². The summed E-state index contributed by atoms with van der Waals surface area (Å²) in [7, 11) is 0.836. The number of primary amides is 6. The monoisotopic (exact) mass is 2070 g/mol. The van der Waals surface area contributed by atoms with Gasteiger partial charge in [0.2, 0.25) is 47.3 Å². The Morgan fingerprint density at radius 2 is 1.37 bits per heavy atom. The van der Waals surface area contributed by atoms with E-state index in [-0.39, 0.29) is 162 Å². The molecule has 0 saturated carbocycles. The van der Waals surface area contributed by atoms with Crippen molar-refractivity contribution in [3.63, 3.8) is 0 Å². The molecule has 0 spiro atoms. The summed E-state index contributed by atoms with van der Waals surface area (Å²) in [5.41, 5.74) is 44.4. The van der Waals surface area contributed by atoms with Crippen molar-refractivity contribution < 1.29 is 133 Å². The largest absolute Gasteiger partial charge is 3.00 e. The van der Waals surface area contributed by atoms with Gasteiger partial charge in [0.25, 0.3) is 19.3 Å². The fraction of sp³-hybridized carbons (Fsp3) is 0.537. The van der Waals surface area contributed by atoms with Crippen molar-refractivity contribution in [3.8, 4) is 5.75 Å². The number of pyridine rings is 1. The number of amides is 8. The van der Waals surface area contributed by atoms with Crippen LogP contribution in [0.25, 0.3) is 27.5 Å². The molecule has 4 aromatic heterocycles. The number of aromatic amines is 1. The minimum atomic E-state index is -5.32. The van der Waals surface area contributed by atoms with Crippen LogP contribution in [0.15, 0.2) is 109 Å². The van der Waals surface area contributed by atoms with Crippen LogP contribution in [0.5, 0.6) is 5.75 Å². The number of carboxylic acid groups (broad SMARTS) is 2. The predicted molar refractivity (Wildman–Crippen MR) is 521 cm³/mol. The number of nitrogens with zero attached hydrogens (tertiary/aromatic N) is 12. The van der Waals surface area contributed by atoms with Gasteiger partial charge in [-0.15, -0.1) is 0 Å². The summed E-state index contributed by atoms with van der Waals surface area (Å²) in [6, 6.07) is 7.52. The third-order valence-corrected chi connectivity index (χ3v) is 28.5. The van der Waals surface area contributed by atoms with Gasteiger partial charge in [0.15, 0.2) is 17.4 Å². The molecule has 1 unspecified atom stereocenters. The number of aliphatic hydroxyl groups excluding tert-OH is 5. The Morgan fingerprint density at radius 1 is 0.757 bits per heavy atom. The summed E-state index contributed by atoms with van der Waals surface area (Å²) in [5.74, 6) is -10.6. The van der Waals surface area contributed by atoms with Gasteiger partial charge < -0.3 is 142 Å². The van der Waals surface area contributed by atoms with E-state index in [1.54, 1.807) is 26.0 Å². The van der Waals surface area contributed by atoms with E-state index in [1.807, 2.05) is 80.5 Å². The molecular weight excluding hydrogens is 1940 g/mol. The Bertz CT molecular complexity index is 6140. The van der Waals surface area contributed by atoms with Crippen LogP contribution in [0, 0.1) is 77.9 Å². The van der Waals surface area contributed by atoms with Crippen molar-refractivity contribution >= 4 is 118 Å². The number of aromatic nitrogens is 7. The number of phosphoric ester groups is 1. The molecule has 8 amide bonds. The zero-order valence-corrected chi connectivity index (χ0v) is 85.0. The van der Waals surface area contributed by atoms with Crippen LogP contribution < -0.4 is 66.5 Å². The number of quaternary nitrogens is 1. The molecule has 6 aromatic rings. The number of rotatable bonds is 39. The van der Waals surface area contributed by atoms with Gasteiger partial charge in [0.05, 0.1) is 106 Å². The molecule has 784 valence electrons. The molecular formula is C95H132CoN23O24P+. The number of fused-ring (bicyclic) bond motifs is 8. The molecule has 10 heterocycles. The number of H-pyrrole nitrogens is 1. The van der Waals surface area contributed by atoms with E-state index in [2.05, 4.69) is 67.0 Å². The molecule has 2 saturated heterocycles. The SMILES string of the molecule is C/C1=C2/[N-][C@H]([C@H](CC(N)=O)[C@@]2(C)CCC(=O)NC[C@H](C)OP(=O)([O-])O[C@H]2[C@@H](O)[C@@H](n3cnc4cc(C)c(C)cc43)O[C@@H]2CO)[C@]2(C)N=C(/C(C)=C3N=C(/C=C4N=C1[C@@H](CCC(N)=O)C\4(C)C)[C@@H](CCC(N)=O)[C@]\3(C)CC(N)=O)[C@@H](CCC(N)=O)[C@]2(C)CC(N)=O.C[N+](C)(C)CCO.Cc1ncc(CO)c(CO)c1O.Nc1nc2ncc(CNc3ccc(C(=O)N[C@@H](CCC(=O)O)C(=O)O)cc3)nc2c(=O)[nH]1.[C-]#N.[Co+3]. The van der Waals surface area contributed by atoms with Gasteiger partial charge in [0.1, 0.15) is 36.6 Å². The van der Waals surface area contributed by atoms with Crippen molar-refractivity contribution in [3.05, 3.63) is 151 Å². The van der Waals surface area contributed by atoms with Crippen LogP contribution in [0.1, 0.15) is 196 Å². The van der Waals surface area contributed by atoms with E-state index in [4.69, 9.17) is 112 Å². The number of imidazole rings is 1. The second-order valence-corrected chi connectivity index (χ2v) is 40.3. The number of nitrogens with two attached hydrogens (primary N) is 7. The number of ether oxygens (including phenoxy) is 1. The Morgan fingerprint density at radius 3 is 1.92 bits per heavy atom. The maximum Gasteiger partial charge on any atom is 3.00 e. The first-order chi connectivity index (χ1) is 66.8. The van der Waals surface area contributed by atoms with E-state index < -0.39 is 173 Å². The number of nitrogen functional groups attached to an aromatic ring is 1. The van der Waals surface area contributed by atoms with Crippen LogP contribution in [-0.4, -0.2) is 246 Å². The van der Waals surface area contributed by atoms with E-state index in [9.17, 15) is 77.5 Å². The molecule has 49 heteroatoms. The molecule has 47 nitrogen and oxygen atoms in total. The Hall–Kier alpha value is -12.8. The zero-order valence-electron chi connectivity index (χ0n) is 83.1. The third kappa shape index (κ3) is 27.9. The molecule has 26 N–H and O–H groups in total. The van der Waals surface area contributed by atoms with E-state index in [0.717, 1.165) is 22.2 Å². The van der Waals surface area contributed by atoms with Gasteiger partial charge in [-0.25, -0.2) is 19.7 Å². The standard InChI is InChI=1S/C62H90N13O14P.C19H19N7O6.C8H11NO3.C5H14NO.CN.Co/c1-29-20-39-40(21-30(29)2)75(28-70-39)57-52(84)53(41(27-76)87-57)89-90(85,86)88-31(3)26-69-49(83)18-19-59(8)37(22-46(66)80)56-62(11)61(10,25-48(68)82)36(14-17-45(65)79)51(74-62)33(5)55-60(9,24-47(67)81)34(12-15-43(63)77)38(71-55)23-42-58(6,7)35(13-16-44(64)78)50(72-42)32(4)54(59)73-56;20-19-25-15-14(17(30)26-19)23-11(8-22-15)7-21-10-3-1-9(2-4-10)16(29)24-12(18(31)32)5-6-13(27)28;1-5-8(12)7(4-11)6(3-10)2-9-5;1-6(2,3)4-5-7;1-2;/h20-21,23,28,31,34-37,41,52-53,56-57,76,84H,12-19,22,24-27H2,1-11H3,(H15,63,64,65,66,67,68,69,71,72,73,74,77,78,79,80,81,82,83,85,86);1-4,8,12,21H,5-7H2,(H,24,29)(H,27,28)(H,31,32)(H3,20,22,25,26,30);2,10-12H,3-4H2,1H3;7H,4-5H2,1-3H3;;/q;;;+1;-1;+3/p-2/t31-,34+,35+,36+,37-,41+,52+,53+,56+,57-,59+,60-,61-,62-;12-;;;;/m00..../s1. The number of aliphatic hydroxyl groups is 5. The normalized spacial score (nSPS) is 25.4. The number of allylic oxidation sites excluding steroid dienone is 6. The van der Waals surface area contributed by atoms with Gasteiger partial charge in [-0.05, 0) is 157 Å². The molecule has 12 rings (SSSR count). The molecule has 0 aliphatic carbocycles. The van der Waals surface area contributed by atoms with Gasteiger partial charge in [0, 0.05) is 143 Å². The fourth-order valence-electron chi connectivity index (χ4n) is 19.4. The number of carboxylic acids is 2. The maximum absolute atomic E-state index is 14.4. The summed E-state index contributed by atoms with van der Waals surface area (Å²) < 4.78 is 32.7. The minimum absolute atomic E-state index is 0. The fourth-order valence-corrected chi connectivity index (χ4v) is 20.5. The molecule has 6 aliphatic rings. The molecule has 16 atom stereocenters. The van der Waals surface area contributed by atoms with E-state index in [0.29, 0.717) is 84.6 Å². The number of nitrogens with one attached hydrogen (secondary N) is 4. The number of carbonyl (C=O) groups excluding carboxylic acids is 8. The van der Waals surface area contributed by atoms with E-state index >= 15 is 0 Å². The Kier molecular flexibility index (Phi) is 40.4. The average Bonchev–Trinajstić information content (AvgIpc) is 1.52. The summed E-state index contributed by atoms with van der Waals surface area (Å²) in [6.07, 6.45) is -2.50. The smallest absolute Gasteiger partial charge is 0.756 e. The number of phosphoric acid groups is 1. The average molecular weight is 2070 g/mol. The van der Waals surface area contributed by atoms with Gasteiger partial charge in [-0.1, -0.05) is 40.7 Å². The summed E-state index contributed by atoms with van der Waals surface area (Å²) in [6.45, 7) is 26.2. The zero-order chi connectivity index (χ0) is 107. The van der Waals surface area contributed by atoms with Crippen molar-refractivity contribution in [2.24, 2.45) is 94.7 Å². The third-order valence-electron chi connectivity index (χ3n) is 27.4. The number of anilines is 2. The Labute approximate surface area is 841 Å². The topological polar surface area (TPSA) is 796 Å². The molecule has 2 fully saturated rings. The maximum atomic E-state index is 14.4. The first-order valence-electron chi connectivity index (χ1n) is 46.1. The number of carbonyl (C=O) groups is 10. The number of aryl methyl sites for hydroxylation is 3. The number of likely N-dealkylation sites (N-methyl/N-ethyl adjacent to an activating group) is 1. The number of hydrogen-bond acceptors (Lipinski definition) is 33. The van der Waals surface area contributed by atoms with Crippen LogP contribution in [0.4, 0.5) is 11.6 Å². The predicted octanol–water partition coefficient (Wildman–Crippen LogP) is 3.13. The quantitative estimate of drug-likeness (QED) is 0.0150. The van der Waals surface area contributed by atoms with Crippen LogP contribution in [-0.2, 0) is 98.0 Å². The summed E-state index contributed by atoms with van der Waals surface area (Å²) >= 11 is 0. The summed E-state index contributed by atoms with van der Waals surface area (Å²) in [4.78, 5) is 192. The Balaban J connectivity index is 0.000000420. The van der Waals surface area contributed by atoms with Crippen molar-refractivity contribution in [1.82, 2.24) is 45.1 Å². The minimum Gasteiger partial charge on any atom is -0.756 e. The second kappa shape index (κ2) is 49.2. The first-order valence-corrected chi connectivity index (χ1v) is 47.6. The number of aliphatic carboxylic acids is 2. The van der Waals surface area contributed by atoms with Crippen molar-refractivity contribution in [2.75, 3.05) is 58.5 Å². The molecule has 0 radical (unpaired) electrons. The van der Waals surface area contributed by atoms with Gasteiger partial charge in [-0.3, -0.25) is 77.5 Å². The molecule has 2 aromatic carbocycles. The number of aliphatic imine (C=N–C) groups is 3. The van der Waals surface area contributed by atoms with Crippen molar-refractivity contribution in [1.29, 1.82) is 5.26 Å². The van der Waals surface area contributed by atoms with Gasteiger partial charge >= 0.3 is 28.7 Å². The van der Waals surface area contributed by atoms with Crippen LogP contribution >= 0.6 is 7.82 Å². The molecule has 8 bridgehead atoms. The van der Waals surface area contributed by atoms with E-state index in [1.165, 1.54) is 42.3 Å². The number of benzene rings is 2. The second-order valence-electron chi connectivity index (χ2n) is 39.0. The first kappa shape index (κ1) is 118. The number of hydrogen-bond donors (Lipinski definition) is 19. The summed E-state index contributed by atoms with van der Waals surface area (Å²) in [5, 5.41) is 95.0. The number of aromatic hydroxyl groups is 1.